The first-order valence-electron chi connectivity index (χ1n) is 6.10. The Morgan fingerprint density at radius 1 is 1.42 bits per heavy atom. The van der Waals surface area contributed by atoms with Gasteiger partial charge in [0, 0.05) is 36.1 Å². The molecule has 6 heteroatoms. The summed E-state index contributed by atoms with van der Waals surface area (Å²) in [5.41, 5.74) is 2.20. The van der Waals surface area contributed by atoms with E-state index in [1.165, 1.54) is 6.26 Å². The molecule has 1 N–H and O–H groups in total. The first-order valence-corrected chi connectivity index (χ1v) is 8.95. The normalized spacial score (nSPS) is 13.3. The van der Waals surface area contributed by atoms with Gasteiger partial charge in [0.05, 0.1) is 5.75 Å². The molecule has 0 bridgehead atoms. The highest BCUT2D eigenvalue weighted by molar-refractivity contribution is 9.10. The third-order valence-corrected chi connectivity index (χ3v) is 4.52. The first kappa shape index (κ1) is 16.5. The second-order valence-electron chi connectivity index (χ2n) is 4.76. The Bertz CT molecular complexity index is 531. The van der Waals surface area contributed by atoms with Crippen molar-refractivity contribution < 1.29 is 8.42 Å². The van der Waals surface area contributed by atoms with Crippen molar-refractivity contribution in [2.24, 2.45) is 0 Å². The predicted octanol–water partition coefficient (Wildman–Crippen LogP) is 2.21. The van der Waals surface area contributed by atoms with E-state index in [0.29, 0.717) is 6.54 Å². The second kappa shape index (κ2) is 6.72. The number of sulfone groups is 1. The Hall–Kier alpha value is -0.590. The van der Waals surface area contributed by atoms with Crippen molar-refractivity contribution in [2.45, 2.75) is 13.0 Å². The summed E-state index contributed by atoms with van der Waals surface area (Å²) in [7, 11) is 0.880. The SMILES string of the molecule is CNC(C)c1ccc(Br)cc1N(C)CCS(C)(=O)=O. The van der Waals surface area contributed by atoms with Crippen LogP contribution in [0.3, 0.4) is 0 Å². The summed E-state index contributed by atoms with van der Waals surface area (Å²) in [5.74, 6) is 0.156. The molecule has 0 heterocycles. The van der Waals surface area contributed by atoms with Crippen molar-refractivity contribution in [1.29, 1.82) is 0 Å². The maximum Gasteiger partial charge on any atom is 0.149 e. The predicted molar refractivity (Wildman–Crippen MR) is 84.6 cm³/mol. The van der Waals surface area contributed by atoms with Crippen LogP contribution in [0.15, 0.2) is 22.7 Å². The largest absolute Gasteiger partial charge is 0.373 e. The highest BCUT2D eigenvalue weighted by atomic mass is 79.9. The molecule has 0 saturated heterocycles. The van der Waals surface area contributed by atoms with E-state index in [9.17, 15) is 8.42 Å². The van der Waals surface area contributed by atoms with Crippen LogP contribution >= 0.6 is 15.9 Å². The van der Waals surface area contributed by atoms with Gasteiger partial charge in [0.2, 0.25) is 0 Å². The lowest BCUT2D eigenvalue weighted by Gasteiger charge is -2.25. The summed E-state index contributed by atoms with van der Waals surface area (Å²) in [6.07, 6.45) is 1.26. The van der Waals surface area contributed by atoms with Crippen LogP contribution in [-0.4, -0.2) is 41.1 Å². The Labute approximate surface area is 124 Å². The van der Waals surface area contributed by atoms with Crippen molar-refractivity contribution in [1.82, 2.24) is 5.32 Å². The minimum Gasteiger partial charge on any atom is -0.373 e. The lowest BCUT2D eigenvalue weighted by atomic mass is 10.1. The number of nitrogens with one attached hydrogen (secondary N) is 1. The van der Waals surface area contributed by atoms with Crippen molar-refractivity contribution in [3.05, 3.63) is 28.2 Å². The Balaban J connectivity index is 3.00. The van der Waals surface area contributed by atoms with Crippen LogP contribution in [0.1, 0.15) is 18.5 Å². The van der Waals surface area contributed by atoms with Gasteiger partial charge >= 0.3 is 0 Å². The fourth-order valence-electron chi connectivity index (χ4n) is 1.79. The molecule has 0 aliphatic carbocycles. The van der Waals surface area contributed by atoms with E-state index in [0.717, 1.165) is 15.7 Å². The summed E-state index contributed by atoms with van der Waals surface area (Å²) in [6, 6.07) is 6.28. The van der Waals surface area contributed by atoms with Gasteiger partial charge in [-0.3, -0.25) is 0 Å². The number of halogens is 1. The Morgan fingerprint density at radius 3 is 2.58 bits per heavy atom. The van der Waals surface area contributed by atoms with Crippen molar-refractivity contribution in [3.8, 4) is 0 Å². The van der Waals surface area contributed by atoms with Gasteiger partial charge in [-0.2, -0.15) is 0 Å². The van der Waals surface area contributed by atoms with E-state index in [-0.39, 0.29) is 11.8 Å². The number of nitrogens with zero attached hydrogens (tertiary/aromatic N) is 1. The van der Waals surface area contributed by atoms with Gasteiger partial charge < -0.3 is 10.2 Å². The third kappa shape index (κ3) is 5.12. The fraction of sp³-hybridized carbons (Fsp3) is 0.538. The van der Waals surface area contributed by atoms with Gasteiger partial charge in [0.1, 0.15) is 9.84 Å². The summed E-state index contributed by atoms with van der Waals surface area (Å²) >= 11 is 3.46. The fourth-order valence-corrected chi connectivity index (χ4v) is 2.75. The molecule has 0 spiro atoms. The van der Waals surface area contributed by atoms with Gasteiger partial charge in [-0.15, -0.1) is 0 Å². The zero-order chi connectivity index (χ0) is 14.6. The lowest BCUT2D eigenvalue weighted by molar-refractivity contribution is 0.600. The van der Waals surface area contributed by atoms with Crippen LogP contribution in [0.2, 0.25) is 0 Å². The number of hydrogen-bond donors (Lipinski definition) is 1. The Kier molecular flexibility index (Phi) is 5.82. The maximum atomic E-state index is 11.3. The molecule has 0 radical (unpaired) electrons. The molecular weight excluding hydrogens is 328 g/mol. The maximum absolute atomic E-state index is 11.3. The second-order valence-corrected chi connectivity index (χ2v) is 7.94. The van der Waals surface area contributed by atoms with E-state index in [1.54, 1.807) is 0 Å². The van der Waals surface area contributed by atoms with E-state index in [1.807, 2.05) is 31.1 Å². The smallest absolute Gasteiger partial charge is 0.149 e. The third-order valence-electron chi connectivity index (χ3n) is 3.10. The van der Waals surface area contributed by atoms with Gasteiger partial charge in [-0.1, -0.05) is 22.0 Å². The van der Waals surface area contributed by atoms with Crippen LogP contribution in [0.4, 0.5) is 5.69 Å². The van der Waals surface area contributed by atoms with Crippen LogP contribution in [-0.2, 0) is 9.84 Å². The highest BCUT2D eigenvalue weighted by Gasteiger charge is 2.14. The van der Waals surface area contributed by atoms with E-state index in [2.05, 4.69) is 34.2 Å². The number of benzene rings is 1. The molecule has 4 nitrogen and oxygen atoms in total. The molecule has 0 fully saturated rings. The molecule has 1 aromatic carbocycles. The van der Waals surface area contributed by atoms with Crippen LogP contribution in [0, 0.1) is 0 Å². The number of rotatable bonds is 6. The molecule has 1 atom stereocenters. The average Bonchev–Trinajstić information content (AvgIpc) is 2.34. The molecule has 0 amide bonds. The topological polar surface area (TPSA) is 49.4 Å². The monoisotopic (exact) mass is 348 g/mol. The minimum atomic E-state index is -2.94. The van der Waals surface area contributed by atoms with Crippen LogP contribution in [0.25, 0.3) is 0 Å². The molecule has 19 heavy (non-hydrogen) atoms. The molecule has 0 saturated carbocycles. The van der Waals surface area contributed by atoms with E-state index in [4.69, 9.17) is 0 Å². The van der Waals surface area contributed by atoms with Crippen LogP contribution < -0.4 is 10.2 Å². The van der Waals surface area contributed by atoms with Crippen molar-refractivity contribution in [3.63, 3.8) is 0 Å². The molecule has 0 aliphatic heterocycles. The molecule has 0 aliphatic rings. The molecule has 1 unspecified atom stereocenters. The van der Waals surface area contributed by atoms with Gasteiger partial charge in [-0.05, 0) is 31.7 Å². The standard InChI is InChI=1S/C13H21BrN2O2S/c1-10(15-2)12-6-5-11(14)9-13(12)16(3)7-8-19(4,17)18/h5-6,9-10,15H,7-8H2,1-4H3. The zero-order valence-corrected chi connectivity index (χ0v) is 14.2. The van der Waals surface area contributed by atoms with Crippen molar-refractivity contribution in [2.75, 3.05) is 37.5 Å². The molecular formula is C13H21BrN2O2S. The average molecular weight is 349 g/mol. The van der Waals surface area contributed by atoms with Crippen molar-refractivity contribution >= 4 is 31.5 Å². The number of hydrogen-bond acceptors (Lipinski definition) is 4. The van der Waals surface area contributed by atoms with Gasteiger partial charge in [0.15, 0.2) is 0 Å². The Morgan fingerprint density at radius 2 is 2.05 bits per heavy atom. The lowest BCUT2D eigenvalue weighted by Crippen LogP contribution is -2.27. The zero-order valence-electron chi connectivity index (χ0n) is 11.8. The highest BCUT2D eigenvalue weighted by Crippen LogP contribution is 2.28. The summed E-state index contributed by atoms with van der Waals surface area (Å²) in [5, 5.41) is 3.21. The quantitative estimate of drug-likeness (QED) is 0.856. The summed E-state index contributed by atoms with van der Waals surface area (Å²) < 4.78 is 23.5. The molecule has 1 rings (SSSR count). The summed E-state index contributed by atoms with van der Waals surface area (Å²) in [4.78, 5) is 1.98. The molecule has 108 valence electrons. The molecule has 1 aromatic rings. The van der Waals surface area contributed by atoms with Gasteiger partial charge in [0.25, 0.3) is 0 Å². The van der Waals surface area contributed by atoms with Crippen LogP contribution in [0.5, 0.6) is 0 Å². The van der Waals surface area contributed by atoms with E-state index < -0.39 is 9.84 Å². The molecule has 0 aromatic heterocycles. The minimum absolute atomic E-state index is 0.156. The van der Waals surface area contributed by atoms with E-state index >= 15 is 0 Å². The summed E-state index contributed by atoms with van der Waals surface area (Å²) in [6.45, 7) is 2.57. The first-order chi connectivity index (χ1) is 8.74. The number of anilines is 1. The van der Waals surface area contributed by atoms with Gasteiger partial charge in [-0.25, -0.2) is 8.42 Å².